The molecule has 498 valence electrons. The van der Waals surface area contributed by atoms with E-state index in [1.807, 2.05) is 88.6 Å². The lowest BCUT2D eigenvalue weighted by Crippen LogP contribution is -2.37. The number of halogens is 2. The predicted molar refractivity (Wildman–Crippen MR) is 371 cm³/mol. The number of aryl methyl sites for hydroxylation is 3. The van der Waals surface area contributed by atoms with Crippen molar-refractivity contribution in [1.29, 1.82) is 0 Å². The topological polar surface area (TPSA) is 234 Å². The van der Waals surface area contributed by atoms with Crippen molar-refractivity contribution in [2.45, 2.75) is 71.6 Å². The third-order valence-corrected chi connectivity index (χ3v) is 21.3. The summed E-state index contributed by atoms with van der Waals surface area (Å²) >= 11 is 0. The fraction of sp³-hybridized carbons (Fsp3) is 0.338. The molecular formula is C68H78F2N16O6S3. The van der Waals surface area contributed by atoms with Crippen LogP contribution in [0.3, 0.4) is 0 Å². The van der Waals surface area contributed by atoms with Gasteiger partial charge in [0.25, 0.3) is 0 Å². The molecule has 10 aromatic rings. The van der Waals surface area contributed by atoms with Crippen LogP contribution in [-0.4, -0.2) is 165 Å². The number of fused-ring (bicyclic) bond motifs is 3. The average molecular weight is 1350 g/mol. The normalized spacial score (nSPS) is 15.4. The number of hydrogen-bond donors (Lipinski definition) is 1. The van der Waals surface area contributed by atoms with Crippen molar-refractivity contribution in [3.8, 4) is 22.5 Å². The van der Waals surface area contributed by atoms with Crippen molar-refractivity contribution in [3.05, 3.63) is 186 Å². The van der Waals surface area contributed by atoms with Gasteiger partial charge in [-0.2, -0.15) is 8.61 Å². The summed E-state index contributed by atoms with van der Waals surface area (Å²) in [6.07, 6.45) is 22.7. The first-order valence-electron chi connectivity index (χ1n) is 31.5. The van der Waals surface area contributed by atoms with Crippen molar-refractivity contribution in [1.82, 2.24) is 61.0 Å². The summed E-state index contributed by atoms with van der Waals surface area (Å²) in [5.74, 6) is 3.57. The van der Waals surface area contributed by atoms with E-state index in [0.717, 1.165) is 117 Å². The van der Waals surface area contributed by atoms with Crippen LogP contribution in [0.4, 0.5) is 38.1 Å². The highest BCUT2D eigenvalue weighted by atomic mass is 32.2. The van der Waals surface area contributed by atoms with Gasteiger partial charge in [-0.1, -0.05) is 39.0 Å². The van der Waals surface area contributed by atoms with Gasteiger partial charge in [-0.3, -0.25) is 23.0 Å². The van der Waals surface area contributed by atoms with E-state index in [2.05, 4.69) is 63.8 Å². The third kappa shape index (κ3) is 15.0. The van der Waals surface area contributed by atoms with Gasteiger partial charge >= 0.3 is 0 Å². The zero-order chi connectivity index (χ0) is 67.5. The molecular weight excluding hydrogens is 1270 g/mol. The maximum atomic E-state index is 13.4. The smallest absolute Gasteiger partial charge is 0.231 e. The van der Waals surface area contributed by atoms with E-state index < -0.39 is 30.1 Å². The third-order valence-electron chi connectivity index (χ3n) is 17.5. The van der Waals surface area contributed by atoms with Crippen LogP contribution < -0.4 is 15.1 Å². The molecule has 0 aliphatic carbocycles. The number of piperidine rings is 1. The van der Waals surface area contributed by atoms with Crippen LogP contribution in [0.25, 0.3) is 50.6 Å². The number of nitrogens with one attached hydrogen (secondary N) is 1. The van der Waals surface area contributed by atoms with Gasteiger partial charge in [0.05, 0.1) is 47.2 Å². The second-order valence-electron chi connectivity index (χ2n) is 23.7. The van der Waals surface area contributed by atoms with Crippen LogP contribution in [0.15, 0.2) is 140 Å². The number of benzene rings is 2. The van der Waals surface area contributed by atoms with E-state index in [1.165, 1.54) is 57.2 Å². The fourth-order valence-electron chi connectivity index (χ4n) is 12.3. The van der Waals surface area contributed by atoms with Crippen LogP contribution in [0, 0.1) is 11.6 Å². The molecule has 95 heavy (non-hydrogen) atoms. The van der Waals surface area contributed by atoms with Gasteiger partial charge in [-0.25, -0.2) is 73.2 Å². The summed E-state index contributed by atoms with van der Waals surface area (Å²) in [5.41, 5.74) is 13.9. The van der Waals surface area contributed by atoms with Crippen molar-refractivity contribution in [2.24, 2.45) is 0 Å². The molecule has 0 radical (unpaired) electrons. The van der Waals surface area contributed by atoms with Crippen LogP contribution in [0.2, 0.25) is 0 Å². The maximum absolute atomic E-state index is 13.4. The molecule has 13 rings (SSSR count). The highest BCUT2D eigenvalue weighted by molar-refractivity contribution is 7.88. The van der Waals surface area contributed by atoms with Gasteiger partial charge in [-0.05, 0) is 170 Å². The van der Waals surface area contributed by atoms with Gasteiger partial charge in [0.2, 0.25) is 42.0 Å². The Hall–Kier alpha value is -8.86. The van der Waals surface area contributed by atoms with E-state index in [0.29, 0.717) is 81.3 Å². The molecule has 2 aromatic carbocycles. The Kier molecular flexibility index (Phi) is 20.1. The Labute approximate surface area is 553 Å². The second-order valence-corrected chi connectivity index (χ2v) is 29.7. The summed E-state index contributed by atoms with van der Waals surface area (Å²) < 4.78 is 108. The molecule has 0 spiro atoms. The first-order valence-corrected chi connectivity index (χ1v) is 37.1. The van der Waals surface area contributed by atoms with E-state index in [1.54, 1.807) is 53.1 Å². The first-order chi connectivity index (χ1) is 45.4. The minimum atomic E-state index is -3.21. The number of sulfonamides is 3. The van der Waals surface area contributed by atoms with Gasteiger partial charge in [0.15, 0.2) is 0 Å². The van der Waals surface area contributed by atoms with E-state index in [-0.39, 0.29) is 11.6 Å². The lowest BCUT2D eigenvalue weighted by atomic mass is 9.91. The van der Waals surface area contributed by atoms with Crippen LogP contribution in [0.5, 0.6) is 0 Å². The Bertz CT molecular complexity index is 4640. The van der Waals surface area contributed by atoms with Crippen LogP contribution in [0.1, 0.15) is 86.1 Å². The zero-order valence-corrected chi connectivity index (χ0v) is 57.1. The maximum Gasteiger partial charge on any atom is 0.231 e. The van der Waals surface area contributed by atoms with E-state index in [9.17, 15) is 34.0 Å². The van der Waals surface area contributed by atoms with Gasteiger partial charge in [0, 0.05) is 103 Å². The molecule has 22 nitrogen and oxygen atoms in total. The lowest BCUT2D eigenvalue weighted by Gasteiger charge is -2.30. The van der Waals surface area contributed by atoms with Crippen molar-refractivity contribution < 1.29 is 34.0 Å². The molecule has 0 amide bonds. The van der Waals surface area contributed by atoms with E-state index >= 15 is 0 Å². The van der Waals surface area contributed by atoms with Crippen molar-refractivity contribution >= 4 is 87.5 Å². The van der Waals surface area contributed by atoms with Gasteiger partial charge in [0.1, 0.15) is 46.0 Å². The second kappa shape index (κ2) is 28.2. The molecule has 11 heterocycles. The molecule has 1 N–H and O–H groups in total. The lowest BCUT2D eigenvalue weighted by molar-refractivity contribution is 0.321. The van der Waals surface area contributed by atoms with Gasteiger partial charge < -0.3 is 5.32 Å². The predicted octanol–water partition coefficient (Wildman–Crippen LogP) is 10.7. The Morgan fingerprint density at radius 3 is 1.27 bits per heavy atom. The monoisotopic (exact) mass is 1350 g/mol. The Balaban J connectivity index is 0.000000149. The van der Waals surface area contributed by atoms with Gasteiger partial charge in [-0.15, -0.1) is 0 Å². The largest absolute Gasteiger partial charge is 0.373 e. The molecule has 0 bridgehead atoms. The summed E-state index contributed by atoms with van der Waals surface area (Å²) in [6.45, 7) is 9.07. The molecule has 3 aliphatic rings. The van der Waals surface area contributed by atoms with Crippen molar-refractivity contribution in [3.63, 3.8) is 0 Å². The summed E-state index contributed by atoms with van der Waals surface area (Å²) in [6, 6.07) is 28.2. The number of pyridine rings is 3. The van der Waals surface area contributed by atoms with Crippen molar-refractivity contribution in [2.75, 3.05) is 94.3 Å². The minimum Gasteiger partial charge on any atom is -0.373 e. The molecule has 27 heteroatoms. The SMILES string of the molecule is CCc1nc2ccc(C3=CCN(S(C)(=O)=O)CC3)cn2c1N(C)c1nccc(-c2ccc(F)cc2)n1.CCc1nc2ccc(C3=CCN(S(C)(=O)=O)CC3)cn2c1N(C)c1nccc(-c2ccc(F)cc2)n1.CCc1nc2ccc(C3CCN(S(C)(=O)=O)CC3)cn2c1NC. The standard InChI is InChI=1S/2C26H27FN6O2S.C16H24N4O2S/c2*1-4-22-25(31(2)26-28-14-11-23(30-26)19-5-8-21(27)9-6-19)33-17-20(7-10-24(33)29-22)18-12-15-32(16-13-18)36(3,34)35;1-4-14-16(17-2)20-11-13(5-6-15(20)18-14)12-7-9-19(10-8-12)23(3,21)22/h2*5-12,14,17H,4,13,15-16H2,1-3H3;5-6,11-12,17H,4,7-10H2,1-3H3. The summed E-state index contributed by atoms with van der Waals surface area (Å²) in [4.78, 5) is 36.5. The van der Waals surface area contributed by atoms with Crippen LogP contribution in [-0.2, 0) is 49.3 Å². The molecule has 0 saturated carbocycles. The zero-order valence-electron chi connectivity index (χ0n) is 54.7. The molecule has 1 saturated heterocycles. The van der Waals surface area contributed by atoms with Crippen LogP contribution >= 0.6 is 0 Å². The number of aromatic nitrogens is 10. The number of nitrogens with zero attached hydrogens (tertiary/aromatic N) is 15. The highest BCUT2D eigenvalue weighted by Gasteiger charge is 2.28. The summed E-state index contributed by atoms with van der Waals surface area (Å²) in [5, 5.41) is 3.24. The molecule has 3 aliphatic heterocycles. The molecule has 8 aromatic heterocycles. The molecule has 0 unspecified atom stereocenters. The number of hydrogen-bond acceptors (Lipinski definition) is 16. The fourth-order valence-corrected chi connectivity index (χ4v) is 14.7. The molecule has 0 atom stereocenters. The first kappa shape index (κ1) is 67.6. The quantitative estimate of drug-likeness (QED) is 0.0947. The number of anilines is 5. The Morgan fingerprint density at radius 1 is 0.484 bits per heavy atom. The number of rotatable bonds is 16. The molecule has 1 fully saturated rings. The average Bonchev–Trinajstić information content (AvgIpc) is 1.66. The number of imidazole rings is 3. The summed E-state index contributed by atoms with van der Waals surface area (Å²) in [7, 11) is -3.75. The Morgan fingerprint density at radius 2 is 0.884 bits per heavy atom. The minimum absolute atomic E-state index is 0.295. The highest BCUT2D eigenvalue weighted by Crippen LogP contribution is 2.35. The van der Waals surface area contributed by atoms with E-state index in [4.69, 9.17) is 19.9 Å².